The number of aromatic hydroxyl groups is 1. The fraction of sp³-hybridized carbons (Fsp3) is 0. The highest BCUT2D eigenvalue weighted by Gasteiger charge is 2.16. The number of oxazole rings is 1. The monoisotopic (exact) mass is 449 g/mol. The molecule has 0 radical (unpaired) electrons. The molecule has 0 unspecified atom stereocenters. The van der Waals surface area contributed by atoms with Gasteiger partial charge >= 0.3 is 0 Å². The van der Waals surface area contributed by atoms with Gasteiger partial charge in [0.2, 0.25) is 5.89 Å². The van der Waals surface area contributed by atoms with Crippen molar-refractivity contribution in [2.75, 3.05) is 10.9 Å². The molecule has 0 aliphatic heterocycles. The number of rotatable bonds is 7. The van der Waals surface area contributed by atoms with Crippen molar-refractivity contribution in [2.24, 2.45) is 10.2 Å². The van der Waals surface area contributed by atoms with Crippen molar-refractivity contribution in [3.8, 4) is 17.2 Å². The van der Waals surface area contributed by atoms with Crippen molar-refractivity contribution in [3.05, 3.63) is 96.3 Å². The lowest BCUT2D eigenvalue weighted by atomic mass is 10.0. The molecule has 166 valence electrons. The number of benzene rings is 2. The Morgan fingerprint density at radius 3 is 2.15 bits per heavy atom. The standard InChI is InChI=1S/C25H19N7O2/c33-24-18(16-29-32-23-10-4-6-12-27-23)13-17(15-28-31-22-9-3-5-11-26-22)14-19(24)25-30-20-7-1-2-8-21(20)34-25/h1-16,33H,(H,26,31)(H,27,32)/b28-15+,29-16+. The number of hydrazone groups is 2. The maximum atomic E-state index is 11.0. The number of hydrogen-bond acceptors (Lipinski definition) is 9. The van der Waals surface area contributed by atoms with E-state index in [9.17, 15) is 5.11 Å². The minimum Gasteiger partial charge on any atom is -0.506 e. The summed E-state index contributed by atoms with van der Waals surface area (Å²) >= 11 is 0. The average molecular weight is 449 g/mol. The summed E-state index contributed by atoms with van der Waals surface area (Å²) in [5.74, 6) is 1.46. The number of nitrogens with zero attached hydrogens (tertiary/aromatic N) is 5. The van der Waals surface area contributed by atoms with Crippen LogP contribution in [0, 0.1) is 0 Å². The second-order valence-electron chi connectivity index (χ2n) is 7.16. The van der Waals surface area contributed by atoms with Gasteiger partial charge in [-0.2, -0.15) is 10.2 Å². The lowest BCUT2D eigenvalue weighted by Crippen LogP contribution is -1.97. The van der Waals surface area contributed by atoms with E-state index in [0.29, 0.717) is 45.3 Å². The van der Waals surface area contributed by atoms with Crippen LogP contribution < -0.4 is 10.9 Å². The zero-order chi connectivity index (χ0) is 23.2. The number of hydrogen-bond donors (Lipinski definition) is 3. The highest BCUT2D eigenvalue weighted by Crippen LogP contribution is 2.34. The molecule has 34 heavy (non-hydrogen) atoms. The molecule has 9 nitrogen and oxygen atoms in total. The molecule has 5 rings (SSSR count). The van der Waals surface area contributed by atoms with Crippen LogP contribution in [-0.4, -0.2) is 32.5 Å². The Morgan fingerprint density at radius 2 is 1.47 bits per heavy atom. The van der Waals surface area contributed by atoms with E-state index < -0.39 is 0 Å². The predicted octanol–water partition coefficient (Wildman–Crippen LogP) is 4.88. The molecule has 0 aliphatic carbocycles. The van der Waals surface area contributed by atoms with Gasteiger partial charge in [0.05, 0.1) is 18.0 Å². The van der Waals surface area contributed by atoms with E-state index >= 15 is 0 Å². The molecule has 5 aromatic rings. The second kappa shape index (κ2) is 9.61. The fourth-order valence-corrected chi connectivity index (χ4v) is 3.20. The van der Waals surface area contributed by atoms with Crippen molar-refractivity contribution in [3.63, 3.8) is 0 Å². The van der Waals surface area contributed by atoms with Crippen LogP contribution in [0.15, 0.2) is 99.8 Å². The summed E-state index contributed by atoms with van der Waals surface area (Å²) in [5, 5.41) is 19.4. The number of aromatic nitrogens is 3. The summed E-state index contributed by atoms with van der Waals surface area (Å²) in [4.78, 5) is 12.9. The maximum Gasteiger partial charge on any atom is 0.231 e. The zero-order valence-corrected chi connectivity index (χ0v) is 17.8. The fourth-order valence-electron chi connectivity index (χ4n) is 3.20. The summed E-state index contributed by atoms with van der Waals surface area (Å²) in [6.07, 6.45) is 6.45. The van der Waals surface area contributed by atoms with Crippen molar-refractivity contribution in [1.29, 1.82) is 0 Å². The maximum absolute atomic E-state index is 11.0. The molecule has 0 atom stereocenters. The van der Waals surface area contributed by atoms with Gasteiger partial charge in [-0.3, -0.25) is 10.9 Å². The van der Waals surface area contributed by atoms with Crippen LogP contribution >= 0.6 is 0 Å². The van der Waals surface area contributed by atoms with E-state index in [-0.39, 0.29) is 5.75 Å². The highest BCUT2D eigenvalue weighted by atomic mass is 16.3. The van der Waals surface area contributed by atoms with Gasteiger partial charge in [-0.05, 0) is 54.1 Å². The van der Waals surface area contributed by atoms with Gasteiger partial charge in [0, 0.05) is 18.0 Å². The number of nitrogens with one attached hydrogen (secondary N) is 2. The van der Waals surface area contributed by atoms with Crippen molar-refractivity contribution in [2.45, 2.75) is 0 Å². The highest BCUT2D eigenvalue weighted by molar-refractivity contribution is 5.93. The van der Waals surface area contributed by atoms with Gasteiger partial charge in [0.1, 0.15) is 22.9 Å². The van der Waals surface area contributed by atoms with Crippen molar-refractivity contribution < 1.29 is 9.52 Å². The number of phenolic OH excluding ortho intramolecular Hbond substituents is 1. The van der Waals surface area contributed by atoms with Gasteiger partial charge in [-0.1, -0.05) is 24.3 Å². The Morgan fingerprint density at radius 1 is 0.794 bits per heavy atom. The molecule has 0 fully saturated rings. The third-order valence-corrected chi connectivity index (χ3v) is 4.79. The summed E-state index contributed by atoms with van der Waals surface area (Å²) in [6, 6.07) is 21.8. The van der Waals surface area contributed by atoms with Crippen LogP contribution in [0.25, 0.3) is 22.6 Å². The smallest absolute Gasteiger partial charge is 0.231 e. The number of anilines is 2. The molecule has 3 aromatic heterocycles. The van der Waals surface area contributed by atoms with Crippen molar-refractivity contribution >= 4 is 35.2 Å². The van der Waals surface area contributed by atoms with Gasteiger partial charge in [-0.15, -0.1) is 0 Å². The van der Waals surface area contributed by atoms with Crippen molar-refractivity contribution in [1.82, 2.24) is 15.0 Å². The quantitative estimate of drug-likeness (QED) is 0.239. The predicted molar refractivity (Wildman–Crippen MR) is 132 cm³/mol. The SMILES string of the molecule is Oc1c(/C=N/Nc2ccccn2)cc(/C=N/Nc2ccccn2)cc1-c1nc2ccccc2o1. The van der Waals surface area contributed by atoms with Crippen LogP contribution in [-0.2, 0) is 0 Å². The van der Waals surface area contributed by atoms with E-state index in [1.165, 1.54) is 6.21 Å². The van der Waals surface area contributed by atoms with Crippen LogP contribution in [0.5, 0.6) is 5.75 Å². The number of phenols is 1. The largest absolute Gasteiger partial charge is 0.506 e. The molecule has 9 heteroatoms. The summed E-state index contributed by atoms with van der Waals surface area (Å²) in [7, 11) is 0. The third-order valence-electron chi connectivity index (χ3n) is 4.79. The molecular weight excluding hydrogens is 430 g/mol. The Hall–Kier alpha value is -5.05. The molecule has 3 N–H and O–H groups in total. The topological polar surface area (TPSA) is 121 Å². The van der Waals surface area contributed by atoms with Gasteiger partial charge < -0.3 is 9.52 Å². The summed E-state index contributed by atoms with van der Waals surface area (Å²) in [5.41, 5.74) is 8.59. The Labute approximate surface area is 194 Å². The Bertz CT molecular complexity index is 1430. The zero-order valence-electron chi connectivity index (χ0n) is 17.8. The van der Waals surface area contributed by atoms with Gasteiger partial charge in [0.25, 0.3) is 0 Å². The summed E-state index contributed by atoms with van der Waals surface area (Å²) < 4.78 is 5.88. The van der Waals surface area contributed by atoms with Gasteiger partial charge in [0.15, 0.2) is 5.58 Å². The summed E-state index contributed by atoms with van der Waals surface area (Å²) in [6.45, 7) is 0. The molecule has 0 bridgehead atoms. The lowest BCUT2D eigenvalue weighted by molar-refractivity contribution is 0.473. The van der Waals surface area contributed by atoms with Crippen LogP contribution in [0.1, 0.15) is 11.1 Å². The van der Waals surface area contributed by atoms with E-state index in [2.05, 4.69) is 36.0 Å². The van der Waals surface area contributed by atoms with Crippen LogP contribution in [0.2, 0.25) is 0 Å². The van der Waals surface area contributed by atoms with Crippen LogP contribution in [0.4, 0.5) is 11.6 Å². The average Bonchev–Trinajstić information content (AvgIpc) is 3.31. The van der Waals surface area contributed by atoms with E-state index in [4.69, 9.17) is 4.42 Å². The Balaban J connectivity index is 1.49. The minimum absolute atomic E-state index is 0.0204. The molecule has 0 amide bonds. The molecule has 0 aliphatic rings. The van der Waals surface area contributed by atoms with Crippen LogP contribution in [0.3, 0.4) is 0 Å². The second-order valence-corrected chi connectivity index (χ2v) is 7.16. The third kappa shape index (κ3) is 4.73. The van der Waals surface area contributed by atoms with E-state index in [0.717, 1.165) is 0 Å². The first kappa shape index (κ1) is 20.8. The van der Waals surface area contributed by atoms with E-state index in [1.54, 1.807) is 42.9 Å². The molecule has 2 aromatic carbocycles. The first-order valence-corrected chi connectivity index (χ1v) is 10.4. The molecule has 3 heterocycles. The molecular formula is C25H19N7O2. The Kier molecular flexibility index (Phi) is 5.89. The molecule has 0 spiro atoms. The minimum atomic E-state index is -0.0204. The first-order chi connectivity index (χ1) is 16.8. The first-order valence-electron chi connectivity index (χ1n) is 10.4. The molecule has 0 saturated carbocycles. The lowest BCUT2D eigenvalue weighted by Gasteiger charge is -2.07. The normalized spacial score (nSPS) is 11.4. The number of pyridine rings is 2. The number of fused-ring (bicyclic) bond motifs is 1. The van der Waals surface area contributed by atoms with Gasteiger partial charge in [-0.25, -0.2) is 15.0 Å². The molecule has 0 saturated heterocycles. The number of para-hydroxylation sites is 2. The van der Waals surface area contributed by atoms with E-state index in [1.807, 2.05) is 48.5 Å².